The van der Waals surface area contributed by atoms with E-state index in [0.29, 0.717) is 28.6 Å². The molecule has 2 N–H and O–H groups in total. The molecule has 0 aromatic heterocycles. The van der Waals surface area contributed by atoms with Gasteiger partial charge in [0.1, 0.15) is 35.0 Å². The maximum absolute atomic E-state index is 14.2. The molecule has 0 bridgehead atoms. The molecule has 11 nitrogen and oxygen atoms in total. The minimum Gasteiger partial charge on any atom is -0.491 e. The number of benzene rings is 2. The van der Waals surface area contributed by atoms with Gasteiger partial charge >= 0.3 is 6.09 Å². The highest BCUT2D eigenvalue weighted by molar-refractivity contribution is 6.34. The summed E-state index contributed by atoms with van der Waals surface area (Å²) in [5.74, 6) is -1.01. The molecule has 2 aromatic rings. The van der Waals surface area contributed by atoms with Crippen LogP contribution in [0.5, 0.6) is 5.75 Å². The number of nitrogens with zero attached hydrogens (tertiary/aromatic N) is 3. The van der Waals surface area contributed by atoms with Crippen molar-refractivity contribution in [3.63, 3.8) is 0 Å². The van der Waals surface area contributed by atoms with Gasteiger partial charge in [0.2, 0.25) is 11.8 Å². The maximum atomic E-state index is 14.2. The van der Waals surface area contributed by atoms with E-state index >= 15 is 0 Å². The van der Waals surface area contributed by atoms with E-state index in [1.54, 1.807) is 38.8 Å². The standard InChI is InChI=1S/C32H39Cl2N5O6/c1-30(2,3)45-29(43)36-31(4,5)27(41)35-24(18-44-23-15-21(33)14-22(34)16-23)26(40)39-13-12-25-32(19-39,28(42)38(6)37-25)17-20-10-8-7-9-11-20/h7-11,14-16,24H,12-13,17-19H2,1-6H3,(H,35,41)(H,36,43)/t24?,32-/m1/s1. The Morgan fingerprint density at radius 1 is 1.04 bits per heavy atom. The first-order chi connectivity index (χ1) is 21.0. The van der Waals surface area contributed by atoms with Crippen molar-refractivity contribution in [3.05, 3.63) is 64.1 Å². The number of nitrogens with one attached hydrogen (secondary N) is 2. The van der Waals surface area contributed by atoms with E-state index in [9.17, 15) is 19.2 Å². The molecule has 0 spiro atoms. The van der Waals surface area contributed by atoms with Crippen LogP contribution in [0.4, 0.5) is 4.79 Å². The van der Waals surface area contributed by atoms with Crippen LogP contribution in [0.25, 0.3) is 0 Å². The summed E-state index contributed by atoms with van der Waals surface area (Å²) in [5.41, 5.74) is -1.63. The van der Waals surface area contributed by atoms with Crippen LogP contribution >= 0.6 is 23.2 Å². The lowest BCUT2D eigenvalue weighted by atomic mass is 9.73. The number of hydrazone groups is 1. The molecule has 0 radical (unpaired) electrons. The topological polar surface area (TPSA) is 130 Å². The zero-order valence-electron chi connectivity index (χ0n) is 26.3. The van der Waals surface area contributed by atoms with Gasteiger partial charge in [0, 0.05) is 36.6 Å². The van der Waals surface area contributed by atoms with Gasteiger partial charge in [-0.25, -0.2) is 9.80 Å². The Labute approximate surface area is 273 Å². The van der Waals surface area contributed by atoms with Crippen LogP contribution in [0.15, 0.2) is 53.6 Å². The highest BCUT2D eigenvalue weighted by Gasteiger charge is 2.54. The summed E-state index contributed by atoms with van der Waals surface area (Å²) in [7, 11) is 1.61. The average Bonchev–Trinajstić information content (AvgIpc) is 3.17. The van der Waals surface area contributed by atoms with Gasteiger partial charge in [0.25, 0.3) is 5.91 Å². The van der Waals surface area contributed by atoms with E-state index in [4.69, 9.17) is 32.7 Å². The van der Waals surface area contributed by atoms with E-state index in [2.05, 4.69) is 15.7 Å². The quantitative estimate of drug-likeness (QED) is 0.409. The fourth-order valence-corrected chi connectivity index (χ4v) is 5.86. The van der Waals surface area contributed by atoms with Crippen LogP contribution < -0.4 is 15.4 Å². The molecule has 45 heavy (non-hydrogen) atoms. The summed E-state index contributed by atoms with van der Waals surface area (Å²) in [6.45, 7) is 8.19. The molecule has 2 aliphatic rings. The van der Waals surface area contributed by atoms with Gasteiger partial charge in [-0.05, 0) is 64.8 Å². The SMILES string of the molecule is CN1N=C2CCN(C(=O)C(COc3cc(Cl)cc(Cl)c3)NC(=O)C(C)(C)NC(=O)OC(C)(C)C)C[C@@]2(Cc2ccccc2)C1=O. The minimum atomic E-state index is -1.46. The molecule has 2 aliphatic heterocycles. The van der Waals surface area contributed by atoms with E-state index < -0.39 is 40.5 Å². The van der Waals surface area contributed by atoms with Gasteiger partial charge in [-0.3, -0.25) is 14.4 Å². The molecule has 4 rings (SSSR count). The summed E-state index contributed by atoms with van der Waals surface area (Å²) in [6, 6.07) is 13.0. The number of carbonyl (C=O) groups is 4. The average molecular weight is 661 g/mol. The molecule has 242 valence electrons. The van der Waals surface area contributed by atoms with Crippen LogP contribution in [-0.2, 0) is 25.5 Å². The van der Waals surface area contributed by atoms with Crippen molar-refractivity contribution >= 4 is 52.7 Å². The van der Waals surface area contributed by atoms with Crippen molar-refractivity contribution in [1.29, 1.82) is 0 Å². The molecule has 2 heterocycles. The fraction of sp³-hybridized carbons (Fsp3) is 0.469. The Morgan fingerprint density at radius 2 is 1.69 bits per heavy atom. The number of ether oxygens (including phenoxy) is 2. The predicted octanol–water partition coefficient (Wildman–Crippen LogP) is 4.45. The van der Waals surface area contributed by atoms with Gasteiger partial charge in [0.05, 0.1) is 5.71 Å². The molecule has 13 heteroatoms. The van der Waals surface area contributed by atoms with Crippen LogP contribution in [0.2, 0.25) is 10.0 Å². The lowest BCUT2D eigenvalue weighted by Crippen LogP contribution is -2.63. The smallest absolute Gasteiger partial charge is 0.408 e. The Morgan fingerprint density at radius 3 is 2.31 bits per heavy atom. The number of hydrogen-bond donors (Lipinski definition) is 2. The van der Waals surface area contributed by atoms with Crippen LogP contribution in [0, 0.1) is 5.41 Å². The first-order valence-electron chi connectivity index (χ1n) is 14.6. The molecule has 0 saturated carbocycles. The van der Waals surface area contributed by atoms with Crippen molar-refractivity contribution in [2.75, 3.05) is 26.7 Å². The molecular weight excluding hydrogens is 621 g/mol. The van der Waals surface area contributed by atoms with Gasteiger partial charge in [-0.1, -0.05) is 53.5 Å². The monoisotopic (exact) mass is 659 g/mol. The second-order valence-corrected chi connectivity index (χ2v) is 13.7. The van der Waals surface area contributed by atoms with Gasteiger partial charge in [0.15, 0.2) is 0 Å². The number of rotatable bonds is 9. The van der Waals surface area contributed by atoms with Crippen molar-refractivity contribution < 1.29 is 28.7 Å². The number of piperidine rings is 1. The molecular formula is C32H39Cl2N5O6. The Balaban J connectivity index is 1.59. The largest absolute Gasteiger partial charge is 0.491 e. The number of fused-ring (bicyclic) bond motifs is 1. The summed E-state index contributed by atoms with van der Waals surface area (Å²) in [5, 5.41) is 11.8. The molecule has 2 atom stereocenters. The third-order valence-corrected chi connectivity index (χ3v) is 7.94. The Hall–Kier alpha value is -3.83. The zero-order valence-corrected chi connectivity index (χ0v) is 27.8. The second-order valence-electron chi connectivity index (χ2n) is 12.8. The molecule has 1 unspecified atom stereocenters. The van der Waals surface area contributed by atoms with Crippen molar-refractivity contribution in [1.82, 2.24) is 20.5 Å². The number of halogens is 2. The lowest BCUT2D eigenvalue weighted by molar-refractivity contribution is -0.143. The van der Waals surface area contributed by atoms with Crippen molar-refractivity contribution in [3.8, 4) is 5.75 Å². The summed E-state index contributed by atoms with van der Waals surface area (Å²) >= 11 is 12.3. The number of alkyl carbamates (subject to hydrolysis) is 1. The zero-order chi connectivity index (χ0) is 33.2. The molecule has 1 saturated heterocycles. The highest BCUT2D eigenvalue weighted by atomic mass is 35.5. The second kappa shape index (κ2) is 13.3. The number of hydrogen-bond acceptors (Lipinski definition) is 7. The van der Waals surface area contributed by atoms with E-state index in [1.165, 1.54) is 31.0 Å². The minimum absolute atomic E-state index is 0.0671. The first kappa shape index (κ1) is 34.1. The van der Waals surface area contributed by atoms with Crippen molar-refractivity contribution in [2.45, 2.75) is 64.6 Å². The normalized spacial score (nSPS) is 18.9. The van der Waals surface area contributed by atoms with Gasteiger partial charge < -0.3 is 25.0 Å². The summed E-state index contributed by atoms with van der Waals surface area (Å²) < 4.78 is 11.2. The third-order valence-electron chi connectivity index (χ3n) is 7.50. The predicted molar refractivity (Wildman–Crippen MR) is 171 cm³/mol. The fourth-order valence-electron chi connectivity index (χ4n) is 5.36. The first-order valence-corrected chi connectivity index (χ1v) is 15.3. The van der Waals surface area contributed by atoms with E-state index in [1.807, 2.05) is 30.3 Å². The summed E-state index contributed by atoms with van der Waals surface area (Å²) in [6.07, 6.45) is -0.0443. The molecule has 4 amide bonds. The van der Waals surface area contributed by atoms with Crippen LogP contribution in [0.3, 0.4) is 0 Å². The molecule has 0 aliphatic carbocycles. The Kier molecular flexibility index (Phi) is 10.0. The molecule has 1 fully saturated rings. The highest BCUT2D eigenvalue weighted by Crippen LogP contribution is 2.38. The van der Waals surface area contributed by atoms with E-state index in [0.717, 1.165) is 11.3 Å². The van der Waals surface area contributed by atoms with Crippen LogP contribution in [-0.4, -0.2) is 83.4 Å². The van der Waals surface area contributed by atoms with Crippen LogP contribution in [0.1, 0.15) is 46.6 Å². The van der Waals surface area contributed by atoms with Crippen molar-refractivity contribution in [2.24, 2.45) is 10.5 Å². The lowest BCUT2D eigenvalue weighted by Gasteiger charge is -2.41. The van der Waals surface area contributed by atoms with Gasteiger partial charge in [-0.15, -0.1) is 0 Å². The number of likely N-dealkylation sites (tertiary alicyclic amines) is 1. The third kappa shape index (κ3) is 8.26. The molecule has 2 aromatic carbocycles. The summed E-state index contributed by atoms with van der Waals surface area (Å²) in [4.78, 5) is 55.4. The van der Waals surface area contributed by atoms with Gasteiger partial charge in [-0.2, -0.15) is 5.10 Å². The number of amides is 4. The maximum Gasteiger partial charge on any atom is 0.408 e. The number of carbonyl (C=O) groups excluding carboxylic acids is 4. The van der Waals surface area contributed by atoms with E-state index in [-0.39, 0.29) is 25.6 Å². The Bertz CT molecular complexity index is 1470.